The fraction of sp³-hybridized carbons (Fsp3) is 0.500. The monoisotopic (exact) mass is 232 g/mol. The normalized spacial score (nSPS) is 23.6. The molecule has 2 atom stereocenters. The van der Waals surface area contributed by atoms with Gasteiger partial charge in [0.15, 0.2) is 0 Å². The zero-order valence-corrected chi connectivity index (χ0v) is 10.3. The van der Waals surface area contributed by atoms with Gasteiger partial charge in [-0.2, -0.15) is 0 Å². The van der Waals surface area contributed by atoms with E-state index in [9.17, 15) is 4.79 Å². The minimum absolute atomic E-state index is 0.0849. The molecule has 0 bridgehead atoms. The van der Waals surface area contributed by atoms with Crippen LogP contribution in [0.25, 0.3) is 0 Å². The SMILES string of the molecule is Cc1ccccc1CC(=O)NC1CCCC1N. The maximum atomic E-state index is 11.9. The maximum Gasteiger partial charge on any atom is 0.224 e. The Bertz CT molecular complexity index is 403. The molecule has 1 fully saturated rings. The number of carbonyl (C=O) groups is 1. The molecule has 17 heavy (non-hydrogen) atoms. The van der Waals surface area contributed by atoms with E-state index in [0.29, 0.717) is 6.42 Å². The average Bonchev–Trinajstić information content (AvgIpc) is 2.68. The molecule has 0 heterocycles. The van der Waals surface area contributed by atoms with Crippen molar-refractivity contribution in [2.24, 2.45) is 5.73 Å². The van der Waals surface area contributed by atoms with Crippen LogP contribution in [0, 0.1) is 6.92 Å². The fourth-order valence-electron chi connectivity index (χ4n) is 2.41. The zero-order valence-electron chi connectivity index (χ0n) is 10.3. The van der Waals surface area contributed by atoms with Crippen molar-refractivity contribution >= 4 is 5.91 Å². The van der Waals surface area contributed by atoms with Crippen LogP contribution in [0.3, 0.4) is 0 Å². The summed E-state index contributed by atoms with van der Waals surface area (Å²) >= 11 is 0. The predicted molar refractivity (Wildman–Crippen MR) is 68.6 cm³/mol. The molecule has 0 aliphatic heterocycles. The Morgan fingerprint density at radius 2 is 2.18 bits per heavy atom. The van der Waals surface area contributed by atoms with Gasteiger partial charge >= 0.3 is 0 Å². The summed E-state index contributed by atoms with van der Waals surface area (Å²) in [6.45, 7) is 2.03. The van der Waals surface area contributed by atoms with Crippen molar-refractivity contribution in [3.05, 3.63) is 35.4 Å². The van der Waals surface area contributed by atoms with Crippen molar-refractivity contribution in [2.75, 3.05) is 0 Å². The van der Waals surface area contributed by atoms with E-state index in [-0.39, 0.29) is 18.0 Å². The number of hydrogen-bond donors (Lipinski definition) is 2. The van der Waals surface area contributed by atoms with Crippen molar-refractivity contribution in [1.82, 2.24) is 5.32 Å². The molecule has 3 heteroatoms. The molecule has 1 aromatic carbocycles. The van der Waals surface area contributed by atoms with Crippen LogP contribution in [-0.2, 0) is 11.2 Å². The van der Waals surface area contributed by atoms with Crippen LogP contribution in [0.15, 0.2) is 24.3 Å². The van der Waals surface area contributed by atoms with Gasteiger partial charge in [-0.1, -0.05) is 24.3 Å². The summed E-state index contributed by atoms with van der Waals surface area (Å²) in [5.41, 5.74) is 8.20. The van der Waals surface area contributed by atoms with Gasteiger partial charge < -0.3 is 11.1 Å². The van der Waals surface area contributed by atoms with Gasteiger partial charge in [-0.25, -0.2) is 0 Å². The number of rotatable bonds is 3. The number of hydrogen-bond acceptors (Lipinski definition) is 2. The Morgan fingerprint density at radius 1 is 1.41 bits per heavy atom. The molecule has 2 unspecified atom stereocenters. The lowest BCUT2D eigenvalue weighted by Gasteiger charge is -2.17. The van der Waals surface area contributed by atoms with E-state index in [1.807, 2.05) is 31.2 Å². The van der Waals surface area contributed by atoms with Gasteiger partial charge in [0, 0.05) is 12.1 Å². The second kappa shape index (κ2) is 5.32. The summed E-state index contributed by atoms with van der Waals surface area (Å²) in [5.74, 6) is 0.0849. The Labute approximate surface area is 102 Å². The first-order valence-corrected chi connectivity index (χ1v) is 6.26. The second-order valence-electron chi connectivity index (χ2n) is 4.87. The highest BCUT2D eigenvalue weighted by Crippen LogP contribution is 2.17. The highest BCUT2D eigenvalue weighted by molar-refractivity contribution is 5.79. The number of nitrogens with one attached hydrogen (secondary N) is 1. The standard InChI is InChI=1S/C14H20N2O/c1-10-5-2-3-6-11(10)9-14(17)16-13-8-4-7-12(13)15/h2-3,5-6,12-13H,4,7-9,15H2,1H3,(H,16,17). The van der Waals surface area contributed by atoms with E-state index in [1.54, 1.807) is 0 Å². The number of benzene rings is 1. The van der Waals surface area contributed by atoms with Crippen LogP contribution < -0.4 is 11.1 Å². The molecule has 0 spiro atoms. The Morgan fingerprint density at radius 3 is 2.82 bits per heavy atom. The van der Waals surface area contributed by atoms with Gasteiger partial charge in [0.05, 0.1) is 6.42 Å². The molecular weight excluding hydrogens is 212 g/mol. The van der Waals surface area contributed by atoms with Crippen LogP contribution in [0.1, 0.15) is 30.4 Å². The molecule has 1 aromatic rings. The summed E-state index contributed by atoms with van der Waals surface area (Å²) in [4.78, 5) is 11.9. The Hall–Kier alpha value is -1.35. The molecule has 1 aliphatic rings. The van der Waals surface area contributed by atoms with E-state index in [0.717, 1.165) is 24.8 Å². The van der Waals surface area contributed by atoms with Crippen LogP contribution in [0.4, 0.5) is 0 Å². The van der Waals surface area contributed by atoms with Crippen LogP contribution in [0.2, 0.25) is 0 Å². The first kappa shape index (κ1) is 12.1. The summed E-state index contributed by atoms with van der Waals surface area (Å²) < 4.78 is 0. The minimum atomic E-state index is 0.0849. The molecule has 1 saturated carbocycles. The molecular formula is C14H20N2O. The molecule has 2 rings (SSSR count). The third-order valence-electron chi connectivity index (χ3n) is 3.53. The largest absolute Gasteiger partial charge is 0.352 e. The molecule has 3 nitrogen and oxygen atoms in total. The van der Waals surface area contributed by atoms with Gasteiger partial charge in [-0.15, -0.1) is 0 Å². The summed E-state index contributed by atoms with van der Waals surface area (Å²) in [6, 6.07) is 8.30. The van der Waals surface area contributed by atoms with Crippen molar-refractivity contribution < 1.29 is 4.79 Å². The van der Waals surface area contributed by atoms with E-state index in [4.69, 9.17) is 5.73 Å². The maximum absolute atomic E-state index is 11.9. The van der Waals surface area contributed by atoms with Crippen molar-refractivity contribution in [3.63, 3.8) is 0 Å². The smallest absolute Gasteiger partial charge is 0.224 e. The van der Waals surface area contributed by atoms with Crippen LogP contribution >= 0.6 is 0 Å². The summed E-state index contributed by atoms with van der Waals surface area (Å²) in [5, 5.41) is 3.04. The lowest BCUT2D eigenvalue weighted by molar-refractivity contribution is -0.121. The minimum Gasteiger partial charge on any atom is -0.352 e. The highest BCUT2D eigenvalue weighted by Gasteiger charge is 2.25. The third kappa shape index (κ3) is 3.07. The molecule has 0 aromatic heterocycles. The Kier molecular flexibility index (Phi) is 3.79. The molecule has 1 aliphatic carbocycles. The van der Waals surface area contributed by atoms with Crippen molar-refractivity contribution in [1.29, 1.82) is 0 Å². The number of aryl methyl sites for hydroxylation is 1. The van der Waals surface area contributed by atoms with E-state index in [2.05, 4.69) is 5.32 Å². The van der Waals surface area contributed by atoms with E-state index < -0.39 is 0 Å². The van der Waals surface area contributed by atoms with Crippen LogP contribution in [-0.4, -0.2) is 18.0 Å². The van der Waals surface area contributed by atoms with Gasteiger partial charge in [0.2, 0.25) is 5.91 Å². The number of carbonyl (C=O) groups excluding carboxylic acids is 1. The topological polar surface area (TPSA) is 55.1 Å². The lowest BCUT2D eigenvalue weighted by Crippen LogP contribution is -2.44. The van der Waals surface area contributed by atoms with Gasteiger partial charge in [-0.3, -0.25) is 4.79 Å². The van der Waals surface area contributed by atoms with Crippen molar-refractivity contribution in [3.8, 4) is 0 Å². The molecule has 0 radical (unpaired) electrons. The zero-order chi connectivity index (χ0) is 12.3. The van der Waals surface area contributed by atoms with E-state index in [1.165, 1.54) is 5.56 Å². The highest BCUT2D eigenvalue weighted by atomic mass is 16.1. The first-order valence-electron chi connectivity index (χ1n) is 6.26. The second-order valence-corrected chi connectivity index (χ2v) is 4.87. The Balaban J connectivity index is 1.91. The first-order chi connectivity index (χ1) is 8.16. The van der Waals surface area contributed by atoms with Gasteiger partial charge in [-0.05, 0) is 37.3 Å². The molecule has 3 N–H and O–H groups in total. The summed E-state index contributed by atoms with van der Waals surface area (Å²) in [7, 11) is 0. The molecule has 0 saturated heterocycles. The quantitative estimate of drug-likeness (QED) is 0.830. The molecule has 1 amide bonds. The predicted octanol–water partition coefficient (Wildman–Crippen LogP) is 1.53. The van der Waals surface area contributed by atoms with E-state index >= 15 is 0 Å². The van der Waals surface area contributed by atoms with Crippen LogP contribution in [0.5, 0.6) is 0 Å². The average molecular weight is 232 g/mol. The number of amides is 1. The molecule has 92 valence electrons. The van der Waals surface area contributed by atoms with Crippen molar-refractivity contribution in [2.45, 2.75) is 44.7 Å². The third-order valence-corrected chi connectivity index (χ3v) is 3.53. The number of nitrogens with two attached hydrogens (primary N) is 1. The van der Waals surface area contributed by atoms with Gasteiger partial charge in [0.25, 0.3) is 0 Å². The fourth-order valence-corrected chi connectivity index (χ4v) is 2.41. The van der Waals surface area contributed by atoms with Gasteiger partial charge in [0.1, 0.15) is 0 Å². The summed E-state index contributed by atoms with van der Waals surface area (Å²) in [6.07, 6.45) is 3.61. The lowest BCUT2D eigenvalue weighted by atomic mass is 10.1.